The maximum atomic E-state index is 12.2. The standard InChI is InChI=1S/C17H23NO2/c1-13(15-6-3-2-4-7-15)18-11-14(10-17(18)19)12-20-16-8-5-9-16/h2-4,6-7,13-14,16H,5,8-12H2,1H3. The minimum absolute atomic E-state index is 0.164. The second-order valence-corrected chi connectivity index (χ2v) is 6.09. The van der Waals surface area contributed by atoms with Gasteiger partial charge in [-0.2, -0.15) is 0 Å². The van der Waals surface area contributed by atoms with Gasteiger partial charge >= 0.3 is 0 Å². The van der Waals surface area contributed by atoms with Gasteiger partial charge in [-0.05, 0) is 31.7 Å². The molecule has 0 bridgehead atoms. The molecule has 0 aromatic heterocycles. The summed E-state index contributed by atoms with van der Waals surface area (Å²) in [4.78, 5) is 14.2. The van der Waals surface area contributed by atoms with Crippen LogP contribution in [0.4, 0.5) is 0 Å². The van der Waals surface area contributed by atoms with Crippen LogP contribution in [0.5, 0.6) is 0 Å². The molecule has 1 saturated heterocycles. The molecular formula is C17H23NO2. The summed E-state index contributed by atoms with van der Waals surface area (Å²) in [5, 5.41) is 0. The Kier molecular flexibility index (Phi) is 4.06. The highest BCUT2D eigenvalue weighted by molar-refractivity contribution is 5.79. The summed E-state index contributed by atoms with van der Waals surface area (Å²) in [5.41, 5.74) is 1.21. The van der Waals surface area contributed by atoms with Gasteiger partial charge in [0.25, 0.3) is 0 Å². The molecule has 3 rings (SSSR count). The van der Waals surface area contributed by atoms with Crippen molar-refractivity contribution in [3.63, 3.8) is 0 Å². The van der Waals surface area contributed by atoms with Crippen LogP contribution in [-0.2, 0) is 9.53 Å². The molecule has 1 aliphatic carbocycles. The molecule has 2 unspecified atom stereocenters. The zero-order chi connectivity index (χ0) is 13.9. The molecule has 1 heterocycles. The maximum Gasteiger partial charge on any atom is 0.223 e. The maximum absolute atomic E-state index is 12.2. The molecule has 0 spiro atoms. The van der Waals surface area contributed by atoms with Gasteiger partial charge in [-0.1, -0.05) is 30.3 Å². The van der Waals surface area contributed by atoms with Gasteiger partial charge in [0, 0.05) is 18.9 Å². The summed E-state index contributed by atoms with van der Waals surface area (Å²) in [6.07, 6.45) is 4.80. The number of carbonyl (C=O) groups excluding carboxylic acids is 1. The zero-order valence-electron chi connectivity index (χ0n) is 12.1. The number of carbonyl (C=O) groups is 1. The molecule has 1 aromatic rings. The third-order valence-corrected chi connectivity index (χ3v) is 4.61. The normalized spacial score (nSPS) is 24.8. The minimum Gasteiger partial charge on any atom is -0.378 e. The average Bonchev–Trinajstić information content (AvgIpc) is 2.78. The molecule has 2 aliphatic rings. The molecule has 2 atom stereocenters. The van der Waals surface area contributed by atoms with Crippen molar-refractivity contribution >= 4 is 5.91 Å². The van der Waals surface area contributed by atoms with Gasteiger partial charge < -0.3 is 9.64 Å². The summed E-state index contributed by atoms with van der Waals surface area (Å²) in [6.45, 7) is 3.69. The smallest absolute Gasteiger partial charge is 0.223 e. The van der Waals surface area contributed by atoms with Crippen LogP contribution >= 0.6 is 0 Å². The Morgan fingerprint density at radius 2 is 2.05 bits per heavy atom. The molecule has 0 radical (unpaired) electrons. The van der Waals surface area contributed by atoms with Gasteiger partial charge in [0.15, 0.2) is 0 Å². The second kappa shape index (κ2) is 5.96. The summed E-state index contributed by atoms with van der Waals surface area (Å²) < 4.78 is 5.87. The van der Waals surface area contributed by atoms with Crippen LogP contribution in [0.3, 0.4) is 0 Å². The van der Waals surface area contributed by atoms with Crippen LogP contribution in [-0.4, -0.2) is 30.1 Å². The van der Waals surface area contributed by atoms with E-state index in [1.165, 1.54) is 24.8 Å². The summed E-state index contributed by atoms with van der Waals surface area (Å²) >= 11 is 0. The second-order valence-electron chi connectivity index (χ2n) is 6.09. The first-order valence-corrected chi connectivity index (χ1v) is 7.70. The number of likely N-dealkylation sites (tertiary alicyclic amines) is 1. The van der Waals surface area contributed by atoms with Crippen LogP contribution in [0.2, 0.25) is 0 Å². The molecule has 1 amide bonds. The van der Waals surface area contributed by atoms with Gasteiger partial charge in [-0.3, -0.25) is 4.79 Å². The third kappa shape index (κ3) is 2.88. The van der Waals surface area contributed by atoms with E-state index in [1.807, 2.05) is 23.1 Å². The average molecular weight is 273 g/mol. The van der Waals surface area contributed by atoms with Crippen molar-refractivity contribution in [2.24, 2.45) is 5.92 Å². The van der Waals surface area contributed by atoms with E-state index in [1.54, 1.807) is 0 Å². The number of hydrogen-bond acceptors (Lipinski definition) is 2. The monoisotopic (exact) mass is 273 g/mol. The number of hydrogen-bond donors (Lipinski definition) is 0. The fourth-order valence-electron chi connectivity index (χ4n) is 3.02. The molecule has 2 fully saturated rings. The first-order chi connectivity index (χ1) is 9.74. The molecule has 20 heavy (non-hydrogen) atoms. The van der Waals surface area contributed by atoms with Crippen molar-refractivity contribution in [1.29, 1.82) is 0 Å². The lowest BCUT2D eigenvalue weighted by Gasteiger charge is -2.28. The molecular weight excluding hydrogens is 250 g/mol. The lowest BCUT2D eigenvalue weighted by atomic mass is 9.96. The van der Waals surface area contributed by atoms with E-state index >= 15 is 0 Å². The van der Waals surface area contributed by atoms with Crippen LogP contribution in [0.25, 0.3) is 0 Å². The molecule has 1 saturated carbocycles. The van der Waals surface area contributed by atoms with Crippen LogP contribution in [0, 0.1) is 5.92 Å². The topological polar surface area (TPSA) is 29.5 Å². The number of amides is 1. The highest BCUT2D eigenvalue weighted by atomic mass is 16.5. The van der Waals surface area contributed by atoms with Crippen LogP contribution < -0.4 is 0 Å². The molecule has 3 nitrogen and oxygen atoms in total. The SMILES string of the molecule is CC(c1ccccc1)N1CC(COC2CCC2)CC1=O. The van der Waals surface area contributed by atoms with Gasteiger partial charge in [0.2, 0.25) is 5.91 Å². The lowest BCUT2D eigenvalue weighted by Crippen LogP contribution is -2.29. The van der Waals surface area contributed by atoms with Gasteiger partial charge in [0.05, 0.1) is 18.8 Å². The van der Waals surface area contributed by atoms with E-state index in [2.05, 4.69) is 19.1 Å². The van der Waals surface area contributed by atoms with Gasteiger partial charge in [-0.15, -0.1) is 0 Å². The van der Waals surface area contributed by atoms with Crippen molar-refractivity contribution in [2.45, 2.75) is 44.8 Å². The molecule has 1 aliphatic heterocycles. The lowest BCUT2D eigenvalue weighted by molar-refractivity contribution is -0.129. The molecule has 108 valence electrons. The molecule has 0 N–H and O–H groups in total. The van der Waals surface area contributed by atoms with Gasteiger partial charge in [0.1, 0.15) is 0 Å². The number of ether oxygens (including phenoxy) is 1. The Labute approximate surface area is 120 Å². The fourth-order valence-corrected chi connectivity index (χ4v) is 3.02. The Morgan fingerprint density at radius 1 is 1.30 bits per heavy atom. The van der Waals surface area contributed by atoms with E-state index in [4.69, 9.17) is 4.74 Å². The largest absolute Gasteiger partial charge is 0.378 e. The summed E-state index contributed by atoms with van der Waals surface area (Å²) in [5.74, 6) is 0.637. The Balaban J connectivity index is 1.56. The van der Waals surface area contributed by atoms with Crippen molar-refractivity contribution in [3.8, 4) is 0 Å². The van der Waals surface area contributed by atoms with Gasteiger partial charge in [-0.25, -0.2) is 0 Å². The molecule has 1 aromatic carbocycles. The minimum atomic E-state index is 0.164. The van der Waals surface area contributed by atoms with E-state index in [-0.39, 0.29) is 11.9 Å². The summed E-state index contributed by atoms with van der Waals surface area (Å²) in [6, 6.07) is 10.4. The Morgan fingerprint density at radius 3 is 2.70 bits per heavy atom. The first-order valence-electron chi connectivity index (χ1n) is 7.70. The Hall–Kier alpha value is -1.35. The van der Waals surface area contributed by atoms with Crippen molar-refractivity contribution in [1.82, 2.24) is 4.90 Å². The van der Waals surface area contributed by atoms with E-state index < -0.39 is 0 Å². The highest BCUT2D eigenvalue weighted by Gasteiger charge is 2.33. The number of nitrogens with zero attached hydrogens (tertiary/aromatic N) is 1. The van der Waals surface area contributed by atoms with Crippen molar-refractivity contribution in [2.75, 3.05) is 13.2 Å². The quantitative estimate of drug-likeness (QED) is 0.824. The number of benzene rings is 1. The van der Waals surface area contributed by atoms with Crippen molar-refractivity contribution < 1.29 is 9.53 Å². The fraction of sp³-hybridized carbons (Fsp3) is 0.588. The van der Waals surface area contributed by atoms with E-state index in [0.29, 0.717) is 18.4 Å². The zero-order valence-corrected chi connectivity index (χ0v) is 12.1. The first kappa shape index (κ1) is 13.6. The predicted molar refractivity (Wildman–Crippen MR) is 78.3 cm³/mol. The summed E-state index contributed by atoms with van der Waals surface area (Å²) in [7, 11) is 0. The highest BCUT2D eigenvalue weighted by Crippen LogP contribution is 2.30. The Bertz CT molecular complexity index is 455. The number of rotatable bonds is 5. The van der Waals surface area contributed by atoms with E-state index in [9.17, 15) is 4.79 Å². The predicted octanol–water partition coefficient (Wildman–Crippen LogP) is 3.17. The van der Waals surface area contributed by atoms with Crippen molar-refractivity contribution in [3.05, 3.63) is 35.9 Å². The van der Waals surface area contributed by atoms with Crippen LogP contribution in [0.1, 0.15) is 44.2 Å². The molecule has 3 heteroatoms. The van der Waals surface area contributed by atoms with E-state index in [0.717, 1.165) is 13.2 Å². The third-order valence-electron chi connectivity index (χ3n) is 4.61. The van der Waals surface area contributed by atoms with Crippen LogP contribution in [0.15, 0.2) is 30.3 Å².